The summed E-state index contributed by atoms with van der Waals surface area (Å²) in [6.45, 7) is 7.72. The van der Waals surface area contributed by atoms with Crippen molar-refractivity contribution in [1.29, 1.82) is 0 Å². The fourth-order valence-corrected chi connectivity index (χ4v) is 2.97. The molecule has 0 aliphatic rings. The number of benzene rings is 1. The highest BCUT2D eigenvalue weighted by molar-refractivity contribution is 7.99. The Hall–Kier alpha value is -2.08. The molecule has 6 heteroatoms. The predicted octanol–water partition coefficient (Wildman–Crippen LogP) is 3.18. The van der Waals surface area contributed by atoms with Crippen LogP contribution >= 0.6 is 11.8 Å². The largest absolute Gasteiger partial charge is 0.336 e. The number of nitrogens with one attached hydrogen (secondary N) is 2. The second-order valence-electron chi connectivity index (χ2n) is 5.71. The maximum absolute atomic E-state index is 11.8. The summed E-state index contributed by atoms with van der Waals surface area (Å²) in [5.74, 6) is -0.188. The van der Waals surface area contributed by atoms with Crippen molar-refractivity contribution in [2.75, 3.05) is 5.75 Å². The van der Waals surface area contributed by atoms with Crippen molar-refractivity contribution in [2.24, 2.45) is 0 Å². The van der Waals surface area contributed by atoms with E-state index in [-0.39, 0.29) is 17.7 Å². The minimum Gasteiger partial charge on any atom is -0.336 e. The van der Waals surface area contributed by atoms with Gasteiger partial charge in [0.2, 0.25) is 5.91 Å². The molecule has 0 aliphatic heterocycles. The molecule has 1 aromatic carbocycles. The molecule has 0 spiro atoms. The van der Waals surface area contributed by atoms with Crippen LogP contribution in [0, 0.1) is 13.8 Å². The number of aryl methyl sites for hydroxylation is 2. The molecule has 2 rings (SSSR count). The Kier molecular flexibility index (Phi) is 5.60. The molecule has 3 amide bonds. The van der Waals surface area contributed by atoms with Crippen LogP contribution in [0.4, 0.5) is 4.79 Å². The first-order chi connectivity index (χ1) is 10.9. The average molecular weight is 331 g/mol. The van der Waals surface area contributed by atoms with Crippen LogP contribution in [0.1, 0.15) is 25.0 Å². The molecule has 2 aromatic rings. The minimum atomic E-state index is -0.468. The standard InChI is InChI=1S/C17H21N3O2S/c1-10(2)18-17(22)19-14(21)9-23-15-8-12(4)13-7-5-6-11(3)16(13)20-15/h5-8,10H,9H2,1-4H3,(H2,18,19,21,22). The van der Waals surface area contributed by atoms with Crippen molar-refractivity contribution >= 4 is 34.6 Å². The van der Waals surface area contributed by atoms with Crippen molar-refractivity contribution in [3.05, 3.63) is 35.4 Å². The monoisotopic (exact) mass is 331 g/mol. The van der Waals surface area contributed by atoms with Crippen molar-refractivity contribution in [3.8, 4) is 0 Å². The first kappa shape index (κ1) is 17.3. The lowest BCUT2D eigenvalue weighted by Crippen LogP contribution is -2.43. The molecule has 0 saturated carbocycles. The molecule has 2 N–H and O–H groups in total. The van der Waals surface area contributed by atoms with Gasteiger partial charge in [0.15, 0.2) is 0 Å². The summed E-state index contributed by atoms with van der Waals surface area (Å²) >= 11 is 1.32. The number of carbonyl (C=O) groups excluding carboxylic acids is 2. The molecule has 0 aliphatic carbocycles. The van der Waals surface area contributed by atoms with Gasteiger partial charge in [-0.2, -0.15) is 0 Å². The number of hydrogen-bond donors (Lipinski definition) is 2. The van der Waals surface area contributed by atoms with Crippen LogP contribution in [-0.4, -0.2) is 28.7 Å². The van der Waals surface area contributed by atoms with Crippen LogP contribution in [0.25, 0.3) is 10.9 Å². The third kappa shape index (κ3) is 4.69. The highest BCUT2D eigenvalue weighted by atomic mass is 32.2. The van der Waals surface area contributed by atoms with E-state index in [0.29, 0.717) is 0 Å². The number of rotatable bonds is 4. The van der Waals surface area contributed by atoms with Crippen LogP contribution < -0.4 is 10.6 Å². The van der Waals surface area contributed by atoms with Gasteiger partial charge in [0.25, 0.3) is 0 Å². The van der Waals surface area contributed by atoms with E-state index in [1.807, 2.05) is 52.0 Å². The number of pyridine rings is 1. The third-order valence-electron chi connectivity index (χ3n) is 3.25. The number of hydrogen-bond acceptors (Lipinski definition) is 4. The lowest BCUT2D eigenvalue weighted by atomic mass is 10.1. The molecular formula is C17H21N3O2S. The Labute approximate surface area is 140 Å². The van der Waals surface area contributed by atoms with Gasteiger partial charge in [0.1, 0.15) is 0 Å². The Morgan fingerprint density at radius 3 is 2.65 bits per heavy atom. The number of para-hydroxylation sites is 1. The van der Waals surface area contributed by atoms with Gasteiger partial charge < -0.3 is 5.32 Å². The maximum Gasteiger partial charge on any atom is 0.321 e. The summed E-state index contributed by atoms with van der Waals surface area (Å²) in [7, 11) is 0. The molecule has 5 nitrogen and oxygen atoms in total. The zero-order chi connectivity index (χ0) is 17.0. The van der Waals surface area contributed by atoms with Crippen LogP contribution in [0.2, 0.25) is 0 Å². The number of aromatic nitrogens is 1. The van der Waals surface area contributed by atoms with Crippen LogP contribution in [0.5, 0.6) is 0 Å². The van der Waals surface area contributed by atoms with Gasteiger partial charge in [-0.3, -0.25) is 10.1 Å². The molecule has 122 valence electrons. The Bertz CT molecular complexity index is 744. The fraction of sp³-hybridized carbons (Fsp3) is 0.353. The molecule has 0 radical (unpaired) electrons. The SMILES string of the molecule is Cc1cc(SCC(=O)NC(=O)NC(C)C)nc2c(C)cccc12. The Morgan fingerprint density at radius 2 is 1.96 bits per heavy atom. The van der Waals surface area contributed by atoms with Crippen LogP contribution in [0.3, 0.4) is 0 Å². The quantitative estimate of drug-likeness (QED) is 0.844. The van der Waals surface area contributed by atoms with Gasteiger partial charge in [0, 0.05) is 11.4 Å². The van der Waals surface area contributed by atoms with Gasteiger partial charge in [-0.25, -0.2) is 9.78 Å². The Morgan fingerprint density at radius 1 is 1.22 bits per heavy atom. The molecule has 0 fully saturated rings. The summed E-state index contributed by atoms with van der Waals surface area (Å²) < 4.78 is 0. The molecule has 0 bridgehead atoms. The highest BCUT2D eigenvalue weighted by Gasteiger charge is 2.11. The van der Waals surface area contributed by atoms with E-state index in [1.54, 1.807) is 0 Å². The summed E-state index contributed by atoms with van der Waals surface area (Å²) in [6, 6.07) is 7.56. The van der Waals surface area contributed by atoms with Gasteiger partial charge >= 0.3 is 6.03 Å². The molecule has 1 aromatic heterocycles. The van der Waals surface area contributed by atoms with E-state index >= 15 is 0 Å². The molecule has 0 atom stereocenters. The van der Waals surface area contributed by atoms with E-state index < -0.39 is 6.03 Å². The van der Waals surface area contributed by atoms with E-state index in [4.69, 9.17) is 0 Å². The zero-order valence-corrected chi connectivity index (χ0v) is 14.6. The van der Waals surface area contributed by atoms with Crippen molar-refractivity contribution in [2.45, 2.75) is 38.8 Å². The van der Waals surface area contributed by atoms with Crippen molar-refractivity contribution in [3.63, 3.8) is 0 Å². The average Bonchev–Trinajstić information content (AvgIpc) is 2.45. The van der Waals surface area contributed by atoms with Gasteiger partial charge in [-0.1, -0.05) is 30.0 Å². The molecule has 1 heterocycles. The summed E-state index contributed by atoms with van der Waals surface area (Å²) in [5, 5.41) is 6.83. The number of nitrogens with zero attached hydrogens (tertiary/aromatic N) is 1. The summed E-state index contributed by atoms with van der Waals surface area (Å²) in [4.78, 5) is 27.9. The second kappa shape index (κ2) is 7.46. The maximum atomic E-state index is 11.8. The van der Waals surface area contributed by atoms with Crippen LogP contribution in [-0.2, 0) is 4.79 Å². The number of carbonyl (C=O) groups is 2. The molecular weight excluding hydrogens is 310 g/mol. The number of amides is 3. The topological polar surface area (TPSA) is 71.1 Å². The van der Waals surface area contributed by atoms with Crippen LogP contribution in [0.15, 0.2) is 29.3 Å². The summed E-state index contributed by atoms with van der Waals surface area (Å²) in [5.41, 5.74) is 3.18. The number of thioether (sulfide) groups is 1. The van der Waals surface area contributed by atoms with E-state index in [9.17, 15) is 9.59 Å². The highest BCUT2D eigenvalue weighted by Crippen LogP contribution is 2.25. The summed E-state index contributed by atoms with van der Waals surface area (Å²) in [6.07, 6.45) is 0. The number of imide groups is 1. The van der Waals surface area contributed by atoms with Crippen molar-refractivity contribution < 1.29 is 9.59 Å². The van der Waals surface area contributed by atoms with E-state index in [1.165, 1.54) is 11.8 Å². The third-order valence-corrected chi connectivity index (χ3v) is 4.16. The molecule has 0 saturated heterocycles. The normalized spacial score (nSPS) is 10.8. The molecule has 23 heavy (non-hydrogen) atoms. The van der Waals surface area contributed by atoms with E-state index in [0.717, 1.165) is 27.1 Å². The zero-order valence-electron chi connectivity index (χ0n) is 13.8. The lowest BCUT2D eigenvalue weighted by Gasteiger charge is -2.10. The first-order valence-corrected chi connectivity index (χ1v) is 8.45. The number of fused-ring (bicyclic) bond motifs is 1. The Balaban J connectivity index is 2.04. The van der Waals surface area contributed by atoms with E-state index in [2.05, 4.69) is 15.6 Å². The molecule has 0 unspecified atom stereocenters. The van der Waals surface area contributed by atoms with Gasteiger partial charge in [-0.05, 0) is 44.9 Å². The fourth-order valence-electron chi connectivity index (χ4n) is 2.21. The number of urea groups is 1. The van der Waals surface area contributed by atoms with Gasteiger partial charge in [-0.15, -0.1) is 0 Å². The lowest BCUT2D eigenvalue weighted by molar-refractivity contribution is -0.117. The predicted molar refractivity (Wildman–Crippen MR) is 93.8 cm³/mol. The van der Waals surface area contributed by atoms with Crippen molar-refractivity contribution in [1.82, 2.24) is 15.6 Å². The smallest absolute Gasteiger partial charge is 0.321 e. The minimum absolute atomic E-state index is 0.0109. The van der Waals surface area contributed by atoms with Gasteiger partial charge in [0.05, 0.1) is 16.3 Å². The first-order valence-electron chi connectivity index (χ1n) is 7.47. The second-order valence-corrected chi connectivity index (χ2v) is 6.71.